The molecule has 2 heterocycles. The van der Waals surface area contributed by atoms with Crippen molar-refractivity contribution in [2.45, 2.75) is 37.9 Å². The van der Waals surface area contributed by atoms with Crippen molar-refractivity contribution in [3.05, 3.63) is 35.2 Å². The number of carbonyl (C=O) groups excluding carboxylic acids is 1. The largest absolute Gasteiger partial charge is 0.388 e. The molecule has 0 spiro atoms. The van der Waals surface area contributed by atoms with Gasteiger partial charge in [0.2, 0.25) is 5.91 Å². The summed E-state index contributed by atoms with van der Waals surface area (Å²) in [6.07, 6.45) is -2.54. The molecule has 1 fully saturated rings. The third-order valence-electron chi connectivity index (χ3n) is 3.25. The minimum Gasteiger partial charge on any atom is -0.388 e. The van der Waals surface area contributed by atoms with Crippen LogP contribution in [-0.2, 0) is 9.53 Å². The van der Waals surface area contributed by atoms with Gasteiger partial charge >= 0.3 is 5.69 Å². The summed E-state index contributed by atoms with van der Waals surface area (Å²) in [5.74, 6) is -2.06. The fourth-order valence-electron chi connectivity index (χ4n) is 2.09. The van der Waals surface area contributed by atoms with Gasteiger partial charge in [-0.05, 0) is 6.92 Å². The van der Waals surface area contributed by atoms with Crippen LogP contribution >= 0.6 is 0 Å². The van der Waals surface area contributed by atoms with E-state index in [0.717, 1.165) is 10.8 Å². The summed E-state index contributed by atoms with van der Waals surface area (Å²) < 4.78 is 19.9. The van der Waals surface area contributed by atoms with E-state index >= 15 is 0 Å². The maximum absolute atomic E-state index is 13.9. The highest BCUT2D eigenvalue weighted by Crippen LogP contribution is 2.28. The molecule has 0 saturated carbocycles. The predicted molar refractivity (Wildman–Crippen MR) is 73.5 cm³/mol. The summed E-state index contributed by atoms with van der Waals surface area (Å²) in [7, 11) is 0. The minimum absolute atomic E-state index is 0.0572. The molecule has 4 atom stereocenters. The number of hydrogen-bond donors (Lipinski definition) is 3. The van der Waals surface area contributed by atoms with Crippen LogP contribution in [0.5, 0.6) is 0 Å². The van der Waals surface area contributed by atoms with E-state index in [-0.39, 0.29) is 6.42 Å². The Morgan fingerprint density at radius 2 is 2.27 bits per heavy atom. The van der Waals surface area contributed by atoms with E-state index in [9.17, 15) is 24.2 Å². The van der Waals surface area contributed by atoms with Crippen LogP contribution in [0, 0.1) is 5.82 Å². The number of rotatable bonds is 4. The Hall–Kier alpha value is -2.10. The van der Waals surface area contributed by atoms with Crippen LogP contribution in [0.3, 0.4) is 0 Å². The first-order valence-corrected chi connectivity index (χ1v) is 6.56. The van der Waals surface area contributed by atoms with Crippen molar-refractivity contribution >= 4 is 11.7 Å². The topological polar surface area (TPSA) is 114 Å². The van der Waals surface area contributed by atoms with E-state index in [1.165, 1.54) is 13.0 Å². The molecule has 8 nitrogen and oxygen atoms in total. The molecular formula is C13H16FN3O5. The highest BCUT2D eigenvalue weighted by atomic mass is 19.1. The molecule has 22 heavy (non-hydrogen) atoms. The average Bonchev–Trinajstić information content (AvgIpc) is 2.70. The first-order valence-electron chi connectivity index (χ1n) is 6.56. The number of nitrogens with one attached hydrogen (secondary N) is 1. The van der Waals surface area contributed by atoms with Gasteiger partial charge in [0.05, 0.1) is 12.3 Å². The SMILES string of the molecule is C=CCC(=O)Nc1nc(=O)n([C@@H]2O[C@H](C)[C@@H](O)[C@H]2O)cc1F. The first kappa shape index (κ1) is 16.3. The maximum atomic E-state index is 13.9. The number of aliphatic hydroxyl groups is 2. The van der Waals surface area contributed by atoms with Crippen LogP contribution in [0.1, 0.15) is 19.6 Å². The molecule has 0 aromatic carbocycles. The molecule has 0 aliphatic carbocycles. The zero-order chi connectivity index (χ0) is 16.4. The van der Waals surface area contributed by atoms with E-state index in [1.807, 2.05) is 0 Å². The number of aliphatic hydroxyl groups excluding tert-OH is 2. The van der Waals surface area contributed by atoms with Gasteiger partial charge in [-0.3, -0.25) is 9.36 Å². The van der Waals surface area contributed by atoms with E-state index < -0.39 is 47.8 Å². The number of aromatic nitrogens is 2. The molecule has 1 aliphatic rings. The lowest BCUT2D eigenvalue weighted by atomic mass is 10.1. The predicted octanol–water partition coefficient (Wildman–Crippen LogP) is -0.464. The fourth-order valence-corrected chi connectivity index (χ4v) is 2.09. The number of amides is 1. The summed E-state index contributed by atoms with van der Waals surface area (Å²) in [6.45, 7) is 4.87. The van der Waals surface area contributed by atoms with Crippen LogP contribution < -0.4 is 11.0 Å². The van der Waals surface area contributed by atoms with Gasteiger partial charge in [-0.2, -0.15) is 4.98 Å². The third-order valence-corrected chi connectivity index (χ3v) is 3.25. The van der Waals surface area contributed by atoms with E-state index in [0.29, 0.717) is 0 Å². The summed E-state index contributed by atoms with van der Waals surface area (Å²) in [6, 6.07) is 0. The van der Waals surface area contributed by atoms with Crippen molar-refractivity contribution in [2.24, 2.45) is 0 Å². The summed E-state index contributed by atoms with van der Waals surface area (Å²) >= 11 is 0. The molecule has 2 rings (SSSR count). The number of halogens is 1. The number of anilines is 1. The molecule has 120 valence electrons. The van der Waals surface area contributed by atoms with Gasteiger partial charge in [0, 0.05) is 6.42 Å². The summed E-state index contributed by atoms with van der Waals surface area (Å²) in [5.41, 5.74) is -0.930. The molecular weight excluding hydrogens is 297 g/mol. The molecule has 9 heteroatoms. The quantitative estimate of drug-likeness (QED) is 0.648. The molecule has 0 radical (unpaired) electrons. The van der Waals surface area contributed by atoms with Gasteiger partial charge in [-0.25, -0.2) is 9.18 Å². The van der Waals surface area contributed by atoms with Crippen molar-refractivity contribution in [3.63, 3.8) is 0 Å². The zero-order valence-electron chi connectivity index (χ0n) is 11.8. The van der Waals surface area contributed by atoms with Gasteiger partial charge < -0.3 is 20.3 Å². The van der Waals surface area contributed by atoms with E-state index in [1.54, 1.807) is 0 Å². The smallest absolute Gasteiger partial charge is 0.351 e. The zero-order valence-corrected chi connectivity index (χ0v) is 11.8. The van der Waals surface area contributed by atoms with Gasteiger partial charge in [0.15, 0.2) is 17.9 Å². The third kappa shape index (κ3) is 3.06. The summed E-state index contributed by atoms with van der Waals surface area (Å²) in [5, 5.41) is 21.6. The minimum atomic E-state index is -1.39. The highest BCUT2D eigenvalue weighted by Gasteiger charge is 2.42. The molecule has 1 amide bonds. The molecule has 1 aromatic heterocycles. The Balaban J connectivity index is 2.29. The van der Waals surface area contributed by atoms with Crippen molar-refractivity contribution in [3.8, 4) is 0 Å². The maximum Gasteiger partial charge on any atom is 0.351 e. The Morgan fingerprint density at radius 1 is 1.59 bits per heavy atom. The van der Waals surface area contributed by atoms with E-state index in [2.05, 4.69) is 16.9 Å². The molecule has 1 saturated heterocycles. The number of carbonyl (C=O) groups is 1. The van der Waals surface area contributed by atoms with Crippen LogP contribution in [0.25, 0.3) is 0 Å². The van der Waals surface area contributed by atoms with Crippen molar-refractivity contribution in [1.82, 2.24) is 9.55 Å². The average molecular weight is 313 g/mol. The van der Waals surface area contributed by atoms with Crippen molar-refractivity contribution in [2.75, 3.05) is 5.32 Å². The molecule has 1 aromatic rings. The number of hydrogen-bond acceptors (Lipinski definition) is 6. The van der Waals surface area contributed by atoms with Gasteiger partial charge in [0.1, 0.15) is 12.2 Å². The standard InChI is InChI=1S/C13H16FN3O5/c1-3-4-8(18)15-11-7(14)5-17(13(21)16-11)12-10(20)9(19)6(2)22-12/h3,5-6,9-10,12,19-20H,1,4H2,2H3,(H,15,16,18,21)/t6-,9-,10-,12-/m1/s1. The number of ether oxygens (including phenoxy) is 1. The Morgan fingerprint density at radius 3 is 2.82 bits per heavy atom. The second-order valence-corrected chi connectivity index (χ2v) is 4.88. The number of nitrogens with zero attached hydrogens (tertiary/aromatic N) is 2. The molecule has 1 aliphatic heterocycles. The lowest BCUT2D eigenvalue weighted by Crippen LogP contribution is -2.36. The van der Waals surface area contributed by atoms with Crippen LogP contribution in [0.4, 0.5) is 10.2 Å². The van der Waals surface area contributed by atoms with Gasteiger partial charge in [-0.1, -0.05) is 6.08 Å². The molecule has 0 bridgehead atoms. The second-order valence-electron chi connectivity index (χ2n) is 4.88. The normalized spacial score (nSPS) is 27.6. The Bertz CT molecular complexity index is 647. The molecule has 3 N–H and O–H groups in total. The monoisotopic (exact) mass is 313 g/mol. The highest BCUT2D eigenvalue weighted by molar-refractivity contribution is 5.90. The van der Waals surface area contributed by atoms with Crippen molar-refractivity contribution < 1.29 is 24.1 Å². The lowest BCUT2D eigenvalue weighted by molar-refractivity contribution is -0.115. The fraction of sp³-hybridized carbons (Fsp3) is 0.462. The van der Waals surface area contributed by atoms with E-state index in [4.69, 9.17) is 4.74 Å². The Labute approximate surface area is 124 Å². The van der Waals surface area contributed by atoms with Gasteiger partial charge in [-0.15, -0.1) is 6.58 Å². The van der Waals surface area contributed by atoms with Crippen LogP contribution in [-0.4, -0.2) is 44.0 Å². The first-order chi connectivity index (χ1) is 10.3. The Kier molecular flexibility index (Phi) is 4.69. The molecule has 0 unspecified atom stereocenters. The summed E-state index contributed by atoms with van der Waals surface area (Å²) in [4.78, 5) is 26.7. The second kappa shape index (κ2) is 6.34. The van der Waals surface area contributed by atoms with Crippen LogP contribution in [0.2, 0.25) is 0 Å². The van der Waals surface area contributed by atoms with Gasteiger partial charge in [0.25, 0.3) is 0 Å². The van der Waals surface area contributed by atoms with Crippen LogP contribution in [0.15, 0.2) is 23.6 Å². The lowest BCUT2D eigenvalue weighted by Gasteiger charge is -2.17. The van der Waals surface area contributed by atoms with Crippen molar-refractivity contribution in [1.29, 1.82) is 0 Å².